The van der Waals surface area contributed by atoms with Crippen LogP contribution in [0.5, 0.6) is 0 Å². The van der Waals surface area contributed by atoms with Gasteiger partial charge in [-0.05, 0) is 40.2 Å². The van der Waals surface area contributed by atoms with Crippen LogP contribution < -0.4 is 5.76 Å². The monoisotopic (exact) mass is 357 g/mol. The summed E-state index contributed by atoms with van der Waals surface area (Å²) in [7, 11) is 0. The highest BCUT2D eigenvalue weighted by Crippen LogP contribution is 2.27. The molecule has 0 unspecified atom stereocenters. The molecule has 4 aromatic rings. The summed E-state index contributed by atoms with van der Waals surface area (Å²) in [5, 5.41) is 0. The van der Waals surface area contributed by atoms with Gasteiger partial charge in [0.05, 0.1) is 5.52 Å². The Bertz CT molecular complexity index is 1090. The van der Waals surface area contributed by atoms with E-state index in [2.05, 4.69) is 25.9 Å². The first-order chi connectivity index (χ1) is 10.7. The van der Waals surface area contributed by atoms with Crippen molar-refractivity contribution in [2.45, 2.75) is 0 Å². The lowest BCUT2D eigenvalue weighted by atomic mass is 10.1. The van der Waals surface area contributed by atoms with Gasteiger partial charge in [-0.2, -0.15) is 0 Å². The van der Waals surface area contributed by atoms with E-state index in [1.807, 2.05) is 12.1 Å². The quantitative estimate of drug-likeness (QED) is 0.559. The minimum Gasteiger partial charge on any atom is -0.408 e. The Morgan fingerprint density at radius 3 is 2.95 bits per heavy atom. The number of hydrogen-bond acceptors (Lipinski definition) is 4. The van der Waals surface area contributed by atoms with E-state index in [4.69, 9.17) is 4.42 Å². The first-order valence-corrected chi connectivity index (χ1v) is 7.21. The molecule has 0 bridgehead atoms. The number of imidazole rings is 1. The molecule has 4 rings (SSSR count). The van der Waals surface area contributed by atoms with Crippen LogP contribution in [0.15, 0.2) is 50.2 Å². The van der Waals surface area contributed by atoms with Crippen LogP contribution in [0.4, 0.5) is 0 Å². The molecule has 0 amide bonds. The third kappa shape index (κ3) is 1.90. The molecule has 22 heavy (non-hydrogen) atoms. The zero-order valence-corrected chi connectivity index (χ0v) is 12.6. The molecule has 0 aliphatic carbocycles. The van der Waals surface area contributed by atoms with E-state index in [0.29, 0.717) is 33.7 Å². The highest BCUT2D eigenvalue weighted by atomic mass is 79.9. The highest BCUT2D eigenvalue weighted by Gasteiger charge is 2.15. The molecule has 3 aromatic heterocycles. The number of carbonyl (C=O) groups is 1. The number of hydrogen-bond donors (Lipinski definition) is 1. The van der Waals surface area contributed by atoms with Crippen LogP contribution in [0.1, 0.15) is 10.5 Å². The number of carbonyl (C=O) groups excluding carboxylic acids is 1. The molecule has 108 valence electrons. The molecule has 7 heteroatoms. The fourth-order valence-electron chi connectivity index (χ4n) is 2.45. The van der Waals surface area contributed by atoms with E-state index in [0.717, 1.165) is 10.8 Å². The second kappa shape index (κ2) is 4.67. The lowest BCUT2D eigenvalue weighted by Crippen LogP contribution is -1.92. The number of benzene rings is 1. The number of oxazole rings is 1. The van der Waals surface area contributed by atoms with Crippen LogP contribution in [-0.2, 0) is 0 Å². The molecule has 0 saturated heterocycles. The molecule has 0 saturated carbocycles. The average molecular weight is 358 g/mol. The van der Waals surface area contributed by atoms with Gasteiger partial charge >= 0.3 is 5.76 Å². The van der Waals surface area contributed by atoms with Gasteiger partial charge in [0, 0.05) is 16.2 Å². The minimum atomic E-state index is -0.512. The van der Waals surface area contributed by atoms with E-state index in [-0.39, 0.29) is 0 Å². The highest BCUT2D eigenvalue weighted by molar-refractivity contribution is 9.10. The maximum atomic E-state index is 11.5. The van der Waals surface area contributed by atoms with Crippen LogP contribution in [0.3, 0.4) is 0 Å². The SMILES string of the molecule is O=Cc1c(-c2ccc3[nH]c(=O)oc3c2)nc2ccc(Br)cn12. The van der Waals surface area contributed by atoms with Gasteiger partial charge in [-0.15, -0.1) is 0 Å². The van der Waals surface area contributed by atoms with Crippen molar-refractivity contribution in [1.29, 1.82) is 0 Å². The number of nitrogens with zero attached hydrogens (tertiary/aromatic N) is 2. The molecular weight excluding hydrogens is 350 g/mol. The van der Waals surface area contributed by atoms with Gasteiger partial charge in [0.15, 0.2) is 11.9 Å². The van der Waals surface area contributed by atoms with E-state index in [9.17, 15) is 9.59 Å². The summed E-state index contributed by atoms with van der Waals surface area (Å²) in [6.07, 6.45) is 2.55. The Morgan fingerprint density at radius 1 is 1.27 bits per heavy atom. The standard InChI is InChI=1S/C15H8BrN3O3/c16-9-2-4-13-18-14(11(7-20)19(13)6-9)8-1-3-10-12(5-8)22-15(21)17-10/h1-7H,(H,17,21). The van der Waals surface area contributed by atoms with Crippen LogP contribution in [0, 0.1) is 0 Å². The lowest BCUT2D eigenvalue weighted by molar-refractivity contribution is 0.111. The molecular formula is C15H8BrN3O3. The minimum absolute atomic E-state index is 0.428. The Kier molecular flexibility index (Phi) is 2.77. The lowest BCUT2D eigenvalue weighted by Gasteiger charge is -1.99. The van der Waals surface area contributed by atoms with Crippen LogP contribution in [0.2, 0.25) is 0 Å². The third-order valence-electron chi connectivity index (χ3n) is 3.43. The Balaban J connectivity index is 2.02. The Hall–Kier alpha value is -2.67. The fourth-order valence-corrected chi connectivity index (χ4v) is 2.79. The van der Waals surface area contributed by atoms with Crippen molar-refractivity contribution < 1.29 is 9.21 Å². The maximum absolute atomic E-state index is 11.5. The smallest absolute Gasteiger partial charge is 0.408 e. The van der Waals surface area contributed by atoms with Crippen molar-refractivity contribution in [2.75, 3.05) is 0 Å². The number of H-pyrrole nitrogens is 1. The number of aromatic nitrogens is 3. The number of rotatable bonds is 2. The first kappa shape index (κ1) is 13.0. The zero-order chi connectivity index (χ0) is 15.3. The molecule has 1 N–H and O–H groups in total. The van der Waals surface area contributed by atoms with Crippen LogP contribution >= 0.6 is 15.9 Å². The largest absolute Gasteiger partial charge is 0.417 e. The molecule has 0 spiro atoms. The predicted molar refractivity (Wildman–Crippen MR) is 84.1 cm³/mol. The number of fused-ring (bicyclic) bond motifs is 2. The second-order valence-electron chi connectivity index (χ2n) is 4.76. The predicted octanol–water partition coefficient (Wildman–Crippen LogP) is 3.01. The summed E-state index contributed by atoms with van der Waals surface area (Å²) in [5.41, 5.74) is 3.38. The van der Waals surface area contributed by atoms with Gasteiger partial charge in [0.1, 0.15) is 17.0 Å². The molecule has 0 fully saturated rings. The third-order valence-corrected chi connectivity index (χ3v) is 3.89. The summed E-state index contributed by atoms with van der Waals surface area (Å²) in [5.74, 6) is -0.512. The topological polar surface area (TPSA) is 80.4 Å². The number of pyridine rings is 1. The van der Waals surface area contributed by atoms with E-state index in [1.54, 1.807) is 28.8 Å². The molecule has 0 aliphatic heterocycles. The molecule has 0 aliphatic rings. The Labute approximate surface area is 131 Å². The zero-order valence-electron chi connectivity index (χ0n) is 11.0. The molecule has 6 nitrogen and oxygen atoms in total. The molecule has 3 heterocycles. The number of nitrogens with one attached hydrogen (secondary N) is 1. The van der Waals surface area contributed by atoms with Crippen molar-refractivity contribution in [3.8, 4) is 11.3 Å². The van der Waals surface area contributed by atoms with Crippen molar-refractivity contribution in [1.82, 2.24) is 14.4 Å². The Morgan fingerprint density at radius 2 is 2.14 bits per heavy atom. The van der Waals surface area contributed by atoms with E-state index in [1.165, 1.54) is 0 Å². The molecule has 0 atom stereocenters. The van der Waals surface area contributed by atoms with E-state index < -0.39 is 5.76 Å². The van der Waals surface area contributed by atoms with Crippen molar-refractivity contribution in [2.24, 2.45) is 0 Å². The van der Waals surface area contributed by atoms with Gasteiger partial charge in [-0.3, -0.25) is 14.2 Å². The van der Waals surface area contributed by atoms with Crippen molar-refractivity contribution >= 4 is 39.0 Å². The molecule has 1 aromatic carbocycles. The number of aldehydes is 1. The average Bonchev–Trinajstić information content (AvgIpc) is 3.04. The van der Waals surface area contributed by atoms with Crippen LogP contribution in [-0.4, -0.2) is 20.7 Å². The number of halogens is 1. The van der Waals surface area contributed by atoms with Gasteiger partial charge in [0.2, 0.25) is 0 Å². The first-order valence-electron chi connectivity index (χ1n) is 6.42. The number of aromatic amines is 1. The normalized spacial score (nSPS) is 11.3. The van der Waals surface area contributed by atoms with Crippen molar-refractivity contribution in [3.63, 3.8) is 0 Å². The van der Waals surface area contributed by atoms with Gasteiger partial charge in [-0.25, -0.2) is 9.78 Å². The summed E-state index contributed by atoms with van der Waals surface area (Å²) >= 11 is 3.38. The van der Waals surface area contributed by atoms with Gasteiger partial charge in [0.25, 0.3) is 0 Å². The summed E-state index contributed by atoms with van der Waals surface area (Å²) in [6.45, 7) is 0. The maximum Gasteiger partial charge on any atom is 0.417 e. The summed E-state index contributed by atoms with van der Waals surface area (Å²) in [4.78, 5) is 29.8. The van der Waals surface area contributed by atoms with E-state index >= 15 is 0 Å². The molecule has 0 radical (unpaired) electrons. The second-order valence-corrected chi connectivity index (χ2v) is 5.68. The van der Waals surface area contributed by atoms with Gasteiger partial charge in [-0.1, -0.05) is 6.07 Å². The summed E-state index contributed by atoms with van der Waals surface area (Å²) < 4.78 is 7.61. The van der Waals surface area contributed by atoms with Gasteiger partial charge < -0.3 is 4.42 Å². The van der Waals surface area contributed by atoms with Crippen molar-refractivity contribution in [3.05, 3.63) is 57.2 Å². The fraction of sp³-hybridized carbons (Fsp3) is 0. The van der Waals surface area contributed by atoms with Crippen LogP contribution in [0.25, 0.3) is 28.0 Å². The summed E-state index contributed by atoms with van der Waals surface area (Å²) in [6, 6.07) is 8.88.